The average Bonchev–Trinajstić information content (AvgIpc) is 3.03. The second-order valence-electron chi connectivity index (χ2n) is 6.51. The van der Waals surface area contributed by atoms with Crippen LogP contribution in [0.4, 0.5) is 4.39 Å². The second kappa shape index (κ2) is 8.37. The van der Waals surface area contributed by atoms with Crippen LogP contribution in [0, 0.1) is 5.82 Å². The standard InChI is InChI=1S/C18H24FN5O2/c1-13(23-8-10-26-11-9-23)2-7-18-21-17(12-16(20)25)22-24(18)15-5-3-14(19)4-6-15/h3-6,13H,2,7-12H2,1H3,(H2,20,25)/t13-/m0/s1. The fraction of sp³-hybridized carbons (Fsp3) is 0.500. The van der Waals surface area contributed by atoms with Crippen LogP contribution >= 0.6 is 0 Å². The van der Waals surface area contributed by atoms with Crippen LogP contribution in [-0.2, 0) is 22.4 Å². The van der Waals surface area contributed by atoms with Gasteiger partial charge in [-0.3, -0.25) is 9.69 Å². The highest BCUT2D eigenvalue weighted by molar-refractivity contribution is 5.75. The summed E-state index contributed by atoms with van der Waals surface area (Å²) < 4.78 is 20.3. The van der Waals surface area contributed by atoms with Gasteiger partial charge in [-0.05, 0) is 37.6 Å². The van der Waals surface area contributed by atoms with Gasteiger partial charge in [0.25, 0.3) is 0 Å². The van der Waals surface area contributed by atoms with Crippen molar-refractivity contribution in [3.8, 4) is 5.69 Å². The zero-order valence-electron chi connectivity index (χ0n) is 14.9. The molecule has 0 spiro atoms. The van der Waals surface area contributed by atoms with E-state index in [2.05, 4.69) is 21.9 Å². The van der Waals surface area contributed by atoms with Gasteiger partial charge in [0.2, 0.25) is 5.91 Å². The fourth-order valence-corrected chi connectivity index (χ4v) is 3.11. The first-order valence-electron chi connectivity index (χ1n) is 8.84. The molecular formula is C18H24FN5O2. The van der Waals surface area contributed by atoms with Crippen molar-refractivity contribution in [1.29, 1.82) is 0 Å². The molecule has 1 atom stereocenters. The van der Waals surface area contributed by atoms with Crippen molar-refractivity contribution in [1.82, 2.24) is 19.7 Å². The Balaban J connectivity index is 1.76. The van der Waals surface area contributed by atoms with Crippen LogP contribution in [0.5, 0.6) is 0 Å². The minimum absolute atomic E-state index is 0.0137. The van der Waals surface area contributed by atoms with Crippen LogP contribution in [0.1, 0.15) is 25.0 Å². The Hall–Kier alpha value is -2.32. The first-order valence-corrected chi connectivity index (χ1v) is 8.84. The first kappa shape index (κ1) is 18.5. The normalized spacial score (nSPS) is 16.5. The topological polar surface area (TPSA) is 86.3 Å². The van der Waals surface area contributed by atoms with E-state index in [1.54, 1.807) is 16.8 Å². The molecule has 140 valence electrons. The molecule has 1 aliphatic heterocycles. The number of primary amides is 1. The van der Waals surface area contributed by atoms with E-state index in [0.717, 1.165) is 38.5 Å². The van der Waals surface area contributed by atoms with Gasteiger partial charge in [-0.25, -0.2) is 14.1 Å². The number of ether oxygens (including phenoxy) is 1. The Morgan fingerprint density at radius 3 is 2.65 bits per heavy atom. The highest BCUT2D eigenvalue weighted by Crippen LogP contribution is 2.15. The Morgan fingerprint density at radius 1 is 1.31 bits per heavy atom. The molecule has 0 bridgehead atoms. The smallest absolute Gasteiger partial charge is 0.225 e. The van der Waals surface area contributed by atoms with Gasteiger partial charge in [0.05, 0.1) is 25.3 Å². The van der Waals surface area contributed by atoms with Gasteiger partial charge in [0.1, 0.15) is 11.6 Å². The maximum Gasteiger partial charge on any atom is 0.225 e. The molecule has 1 aromatic heterocycles. The Kier molecular flexibility index (Phi) is 5.95. The summed E-state index contributed by atoms with van der Waals surface area (Å²) in [7, 11) is 0. The molecule has 1 aromatic carbocycles. The van der Waals surface area contributed by atoms with Crippen molar-refractivity contribution in [3.63, 3.8) is 0 Å². The summed E-state index contributed by atoms with van der Waals surface area (Å²) >= 11 is 0. The molecule has 2 N–H and O–H groups in total. The molecule has 1 aliphatic rings. The number of nitrogens with two attached hydrogens (primary N) is 1. The fourth-order valence-electron chi connectivity index (χ4n) is 3.11. The van der Waals surface area contributed by atoms with Gasteiger partial charge in [-0.2, -0.15) is 5.10 Å². The first-order chi connectivity index (χ1) is 12.5. The van der Waals surface area contributed by atoms with Crippen molar-refractivity contribution in [3.05, 3.63) is 41.7 Å². The van der Waals surface area contributed by atoms with E-state index in [0.29, 0.717) is 24.0 Å². The van der Waals surface area contributed by atoms with Gasteiger partial charge in [-0.15, -0.1) is 0 Å². The number of morpholine rings is 1. The minimum atomic E-state index is -0.477. The molecule has 2 heterocycles. The number of nitrogens with zero attached hydrogens (tertiary/aromatic N) is 4. The van der Waals surface area contributed by atoms with E-state index < -0.39 is 5.91 Å². The second-order valence-corrected chi connectivity index (χ2v) is 6.51. The van der Waals surface area contributed by atoms with Gasteiger partial charge in [0, 0.05) is 25.6 Å². The largest absolute Gasteiger partial charge is 0.379 e. The van der Waals surface area contributed by atoms with Gasteiger partial charge in [0.15, 0.2) is 5.82 Å². The summed E-state index contributed by atoms with van der Waals surface area (Å²) in [6.07, 6.45) is 1.58. The van der Waals surface area contributed by atoms with Crippen LogP contribution < -0.4 is 5.73 Å². The lowest BCUT2D eigenvalue weighted by molar-refractivity contribution is -0.117. The maximum absolute atomic E-state index is 13.2. The number of aromatic nitrogens is 3. The summed E-state index contributed by atoms with van der Waals surface area (Å²) in [6.45, 7) is 5.57. The molecule has 1 saturated heterocycles. The number of carbonyl (C=O) groups excluding carboxylic acids is 1. The SMILES string of the molecule is C[C@@H](CCc1nc(CC(N)=O)nn1-c1ccc(F)cc1)N1CCOCC1. The number of hydrogen-bond donors (Lipinski definition) is 1. The molecule has 3 rings (SSSR count). The van der Waals surface area contributed by atoms with Gasteiger partial charge < -0.3 is 10.5 Å². The molecule has 0 saturated carbocycles. The third kappa shape index (κ3) is 4.64. The molecule has 7 nitrogen and oxygen atoms in total. The van der Waals surface area contributed by atoms with E-state index in [-0.39, 0.29) is 12.2 Å². The highest BCUT2D eigenvalue weighted by atomic mass is 19.1. The van der Waals surface area contributed by atoms with Crippen molar-refractivity contribution >= 4 is 5.91 Å². The zero-order valence-corrected chi connectivity index (χ0v) is 14.9. The monoisotopic (exact) mass is 361 g/mol. The minimum Gasteiger partial charge on any atom is -0.379 e. The molecular weight excluding hydrogens is 337 g/mol. The average molecular weight is 361 g/mol. The maximum atomic E-state index is 13.2. The van der Waals surface area contributed by atoms with E-state index >= 15 is 0 Å². The summed E-state index contributed by atoms with van der Waals surface area (Å²) in [4.78, 5) is 18.1. The number of hydrogen-bond acceptors (Lipinski definition) is 5. The predicted octanol–water partition coefficient (Wildman–Crippen LogP) is 1.09. The number of carbonyl (C=O) groups is 1. The van der Waals surface area contributed by atoms with Gasteiger partial charge >= 0.3 is 0 Å². The Morgan fingerprint density at radius 2 is 2.00 bits per heavy atom. The number of halogens is 1. The van der Waals surface area contributed by atoms with Gasteiger partial charge in [-0.1, -0.05) is 0 Å². The Labute approximate surface area is 151 Å². The van der Waals surface area contributed by atoms with Crippen molar-refractivity contribution in [2.75, 3.05) is 26.3 Å². The highest BCUT2D eigenvalue weighted by Gasteiger charge is 2.19. The van der Waals surface area contributed by atoms with Crippen molar-refractivity contribution < 1.29 is 13.9 Å². The third-order valence-electron chi connectivity index (χ3n) is 4.58. The predicted molar refractivity (Wildman–Crippen MR) is 94.4 cm³/mol. The number of rotatable bonds is 7. The van der Waals surface area contributed by atoms with E-state index in [9.17, 15) is 9.18 Å². The molecule has 26 heavy (non-hydrogen) atoms. The lowest BCUT2D eigenvalue weighted by Crippen LogP contribution is -2.42. The van der Waals surface area contributed by atoms with Crippen LogP contribution in [0.25, 0.3) is 5.69 Å². The summed E-state index contributed by atoms with van der Waals surface area (Å²) in [5.74, 6) is 0.340. The molecule has 0 aliphatic carbocycles. The van der Waals surface area contributed by atoms with E-state index in [4.69, 9.17) is 10.5 Å². The summed E-state index contributed by atoms with van der Waals surface area (Å²) in [6, 6.07) is 6.44. The molecule has 1 fully saturated rings. The third-order valence-corrected chi connectivity index (χ3v) is 4.58. The van der Waals surface area contributed by atoms with Crippen LogP contribution in [-0.4, -0.2) is 57.9 Å². The number of amides is 1. The molecule has 0 radical (unpaired) electrons. The molecule has 2 aromatic rings. The molecule has 1 amide bonds. The quantitative estimate of drug-likeness (QED) is 0.798. The van der Waals surface area contributed by atoms with Crippen molar-refractivity contribution in [2.45, 2.75) is 32.2 Å². The van der Waals surface area contributed by atoms with E-state index in [1.807, 2.05) is 0 Å². The van der Waals surface area contributed by atoms with E-state index in [1.165, 1.54) is 12.1 Å². The lowest BCUT2D eigenvalue weighted by atomic mass is 10.1. The van der Waals surface area contributed by atoms with Crippen molar-refractivity contribution in [2.24, 2.45) is 5.73 Å². The Bertz CT molecular complexity index is 741. The van der Waals surface area contributed by atoms with Crippen LogP contribution in [0.15, 0.2) is 24.3 Å². The molecule has 0 unspecified atom stereocenters. The number of aryl methyl sites for hydroxylation is 1. The zero-order chi connectivity index (χ0) is 18.5. The molecule has 8 heteroatoms. The van der Waals surface area contributed by atoms with Crippen LogP contribution in [0.3, 0.4) is 0 Å². The summed E-state index contributed by atoms with van der Waals surface area (Å²) in [5, 5.41) is 4.39. The summed E-state index contributed by atoms with van der Waals surface area (Å²) in [5.41, 5.74) is 5.98. The number of benzene rings is 1. The van der Waals surface area contributed by atoms with Crippen LogP contribution in [0.2, 0.25) is 0 Å². The lowest BCUT2D eigenvalue weighted by Gasteiger charge is -2.32.